The maximum Gasteiger partial charge on any atom is 0.416 e. The molecule has 20 heavy (non-hydrogen) atoms. The Hall–Kier alpha value is -1.49. The summed E-state index contributed by atoms with van der Waals surface area (Å²) in [5.74, 6) is 0.232. The summed E-state index contributed by atoms with van der Waals surface area (Å²) >= 11 is 1.51. The summed E-state index contributed by atoms with van der Waals surface area (Å²) in [5, 5.41) is 0. The van der Waals surface area contributed by atoms with Crippen molar-refractivity contribution in [2.75, 3.05) is 6.26 Å². The number of rotatable bonds is 3. The quantitative estimate of drug-likeness (QED) is 0.686. The van der Waals surface area contributed by atoms with Gasteiger partial charge in [-0.3, -0.25) is 0 Å². The third-order valence-electron chi connectivity index (χ3n) is 2.90. The normalized spacial score (nSPS) is 11.7. The Morgan fingerprint density at radius 1 is 0.950 bits per heavy atom. The van der Waals surface area contributed by atoms with E-state index in [1.165, 1.54) is 30.0 Å². The van der Waals surface area contributed by atoms with Crippen molar-refractivity contribution < 1.29 is 17.6 Å². The van der Waals surface area contributed by atoms with E-state index in [0.717, 1.165) is 12.1 Å². The van der Waals surface area contributed by atoms with Crippen LogP contribution in [0, 0.1) is 5.82 Å². The van der Waals surface area contributed by atoms with Crippen molar-refractivity contribution in [1.29, 1.82) is 0 Å². The van der Waals surface area contributed by atoms with E-state index in [2.05, 4.69) is 0 Å². The Kier molecular flexibility index (Phi) is 4.38. The average molecular weight is 300 g/mol. The first-order chi connectivity index (χ1) is 9.41. The van der Waals surface area contributed by atoms with Crippen LogP contribution in [0.25, 0.3) is 11.1 Å². The minimum absolute atomic E-state index is 0.336. The van der Waals surface area contributed by atoms with Gasteiger partial charge in [-0.05, 0) is 41.1 Å². The van der Waals surface area contributed by atoms with Crippen molar-refractivity contribution in [3.63, 3.8) is 0 Å². The van der Waals surface area contributed by atoms with E-state index in [0.29, 0.717) is 22.4 Å². The first-order valence-electron chi connectivity index (χ1n) is 5.87. The van der Waals surface area contributed by atoms with Crippen LogP contribution in [0.15, 0.2) is 42.5 Å². The predicted molar refractivity (Wildman–Crippen MR) is 74.1 cm³/mol. The van der Waals surface area contributed by atoms with Gasteiger partial charge in [-0.15, -0.1) is 0 Å². The largest absolute Gasteiger partial charge is 0.416 e. The van der Waals surface area contributed by atoms with E-state index in [1.807, 2.05) is 6.26 Å². The summed E-state index contributed by atoms with van der Waals surface area (Å²) in [6.07, 6.45) is -2.48. The van der Waals surface area contributed by atoms with Crippen LogP contribution in [0.1, 0.15) is 11.1 Å². The highest BCUT2D eigenvalue weighted by atomic mass is 32.2. The van der Waals surface area contributed by atoms with Gasteiger partial charge in [0.1, 0.15) is 5.82 Å². The number of hydrogen-bond acceptors (Lipinski definition) is 1. The third kappa shape index (κ3) is 3.33. The van der Waals surface area contributed by atoms with Crippen molar-refractivity contribution in [2.45, 2.75) is 11.9 Å². The minimum atomic E-state index is -4.36. The fraction of sp³-hybridized carbons (Fsp3) is 0.200. The maximum absolute atomic E-state index is 13.8. The van der Waals surface area contributed by atoms with E-state index in [9.17, 15) is 17.6 Å². The summed E-state index contributed by atoms with van der Waals surface area (Å²) in [6.45, 7) is 0. The van der Waals surface area contributed by atoms with Crippen LogP contribution in [0.4, 0.5) is 17.6 Å². The Morgan fingerprint density at radius 2 is 1.55 bits per heavy atom. The van der Waals surface area contributed by atoms with E-state index in [-0.39, 0.29) is 5.82 Å². The summed E-state index contributed by atoms with van der Waals surface area (Å²) in [6, 6.07) is 9.45. The molecule has 2 aromatic rings. The number of hydrogen-bond donors (Lipinski definition) is 0. The average Bonchev–Trinajstić information content (AvgIpc) is 2.40. The number of benzene rings is 2. The van der Waals surface area contributed by atoms with Crippen LogP contribution in [0.3, 0.4) is 0 Å². The molecule has 0 aliphatic carbocycles. The molecule has 0 N–H and O–H groups in total. The summed E-state index contributed by atoms with van der Waals surface area (Å²) in [4.78, 5) is 0. The second-order valence-corrected chi connectivity index (χ2v) is 5.18. The van der Waals surface area contributed by atoms with Crippen LogP contribution in [0.5, 0.6) is 0 Å². The maximum atomic E-state index is 13.8. The van der Waals surface area contributed by atoms with Gasteiger partial charge in [0.15, 0.2) is 0 Å². The SMILES string of the molecule is CSCc1ccc(-c2ccc(C(F)(F)F)cc2)cc1F. The van der Waals surface area contributed by atoms with Crippen molar-refractivity contribution in [1.82, 2.24) is 0 Å². The highest BCUT2D eigenvalue weighted by Crippen LogP contribution is 2.31. The zero-order valence-electron chi connectivity index (χ0n) is 10.7. The monoisotopic (exact) mass is 300 g/mol. The Morgan fingerprint density at radius 3 is 2.05 bits per heavy atom. The molecule has 0 bridgehead atoms. The molecule has 106 valence electrons. The molecule has 0 unspecified atom stereocenters. The highest BCUT2D eigenvalue weighted by Gasteiger charge is 2.29. The van der Waals surface area contributed by atoms with Gasteiger partial charge in [0, 0.05) is 5.75 Å². The summed E-state index contributed by atoms with van der Waals surface area (Å²) in [5.41, 5.74) is 1.02. The lowest BCUT2D eigenvalue weighted by Crippen LogP contribution is -2.04. The zero-order chi connectivity index (χ0) is 14.8. The van der Waals surface area contributed by atoms with Crippen LogP contribution >= 0.6 is 11.8 Å². The van der Waals surface area contributed by atoms with Gasteiger partial charge in [0.2, 0.25) is 0 Å². The van der Waals surface area contributed by atoms with Crippen LogP contribution in [-0.2, 0) is 11.9 Å². The summed E-state index contributed by atoms with van der Waals surface area (Å²) < 4.78 is 51.2. The fourth-order valence-corrected chi connectivity index (χ4v) is 2.40. The van der Waals surface area contributed by atoms with E-state index >= 15 is 0 Å². The molecule has 0 aromatic heterocycles. The molecule has 2 aromatic carbocycles. The molecule has 0 saturated carbocycles. The molecule has 0 heterocycles. The Bertz CT molecular complexity index is 588. The standard InChI is InChI=1S/C15H12F4S/c1-20-9-12-3-2-11(8-14(12)16)10-4-6-13(7-5-10)15(17,18)19/h2-8H,9H2,1H3. The lowest BCUT2D eigenvalue weighted by atomic mass is 10.0. The molecular weight excluding hydrogens is 288 g/mol. The first-order valence-corrected chi connectivity index (χ1v) is 7.26. The summed E-state index contributed by atoms with van der Waals surface area (Å²) in [7, 11) is 0. The third-order valence-corrected chi connectivity index (χ3v) is 3.50. The topological polar surface area (TPSA) is 0 Å². The minimum Gasteiger partial charge on any atom is -0.207 e. The van der Waals surface area contributed by atoms with Crippen molar-refractivity contribution in [3.05, 3.63) is 59.4 Å². The molecule has 5 heteroatoms. The molecule has 0 fully saturated rings. The van der Waals surface area contributed by atoms with Crippen LogP contribution < -0.4 is 0 Å². The lowest BCUT2D eigenvalue weighted by molar-refractivity contribution is -0.137. The first kappa shape index (κ1) is 14.9. The van der Waals surface area contributed by atoms with Gasteiger partial charge in [0.05, 0.1) is 5.56 Å². The van der Waals surface area contributed by atoms with Crippen molar-refractivity contribution in [3.8, 4) is 11.1 Å². The number of halogens is 4. The number of alkyl halides is 3. The Balaban J connectivity index is 2.30. The van der Waals surface area contributed by atoms with Gasteiger partial charge in [0.25, 0.3) is 0 Å². The van der Waals surface area contributed by atoms with Crippen molar-refractivity contribution >= 4 is 11.8 Å². The molecular formula is C15H12F4S. The van der Waals surface area contributed by atoms with Gasteiger partial charge in [-0.1, -0.05) is 24.3 Å². The lowest BCUT2D eigenvalue weighted by Gasteiger charge is -2.09. The van der Waals surface area contributed by atoms with Crippen LogP contribution in [0.2, 0.25) is 0 Å². The van der Waals surface area contributed by atoms with Gasteiger partial charge < -0.3 is 0 Å². The van der Waals surface area contributed by atoms with Crippen molar-refractivity contribution in [2.24, 2.45) is 0 Å². The van der Waals surface area contributed by atoms with Gasteiger partial charge >= 0.3 is 6.18 Å². The molecule has 0 aliphatic rings. The predicted octanol–water partition coefficient (Wildman–Crippen LogP) is 5.37. The van der Waals surface area contributed by atoms with E-state index in [4.69, 9.17) is 0 Å². The van der Waals surface area contributed by atoms with E-state index in [1.54, 1.807) is 12.1 Å². The molecule has 0 spiro atoms. The molecule has 0 nitrogen and oxygen atoms in total. The second kappa shape index (κ2) is 5.87. The van der Waals surface area contributed by atoms with Gasteiger partial charge in [-0.25, -0.2) is 4.39 Å². The zero-order valence-corrected chi connectivity index (χ0v) is 11.5. The van der Waals surface area contributed by atoms with Crippen LogP contribution in [-0.4, -0.2) is 6.26 Å². The molecule has 0 atom stereocenters. The highest BCUT2D eigenvalue weighted by molar-refractivity contribution is 7.97. The Labute approximate surface area is 118 Å². The molecule has 2 rings (SSSR count). The molecule has 0 saturated heterocycles. The molecule has 0 amide bonds. The molecule has 0 radical (unpaired) electrons. The fourth-order valence-electron chi connectivity index (χ4n) is 1.85. The van der Waals surface area contributed by atoms with Gasteiger partial charge in [-0.2, -0.15) is 24.9 Å². The molecule has 0 aliphatic heterocycles. The number of thioether (sulfide) groups is 1. The van der Waals surface area contributed by atoms with E-state index < -0.39 is 11.7 Å². The smallest absolute Gasteiger partial charge is 0.207 e. The second-order valence-electron chi connectivity index (χ2n) is 4.31.